The summed E-state index contributed by atoms with van der Waals surface area (Å²) in [6.45, 7) is -0.0974. The second-order valence-corrected chi connectivity index (χ2v) is 4.39. The first-order valence-corrected chi connectivity index (χ1v) is 5.88. The van der Waals surface area contributed by atoms with Gasteiger partial charge in [-0.05, 0) is 37.1 Å². The van der Waals surface area contributed by atoms with E-state index in [0.29, 0.717) is 17.4 Å². The predicted molar refractivity (Wildman–Crippen MR) is 64.4 cm³/mol. The second-order valence-electron chi connectivity index (χ2n) is 4.39. The van der Waals surface area contributed by atoms with Gasteiger partial charge in [0, 0.05) is 11.6 Å². The number of aromatic nitrogens is 3. The SMILES string of the molecule is N#Cc1ccc(-c2nnc(CO)n2C2CC2)cc1. The van der Waals surface area contributed by atoms with Crippen LogP contribution in [0.2, 0.25) is 0 Å². The molecule has 0 atom stereocenters. The van der Waals surface area contributed by atoms with E-state index in [0.717, 1.165) is 24.2 Å². The summed E-state index contributed by atoms with van der Waals surface area (Å²) in [7, 11) is 0. The first-order valence-electron chi connectivity index (χ1n) is 5.88. The smallest absolute Gasteiger partial charge is 0.164 e. The second kappa shape index (κ2) is 4.24. The first-order chi connectivity index (χ1) is 8.83. The van der Waals surface area contributed by atoms with Gasteiger partial charge in [-0.15, -0.1) is 10.2 Å². The number of aliphatic hydroxyl groups is 1. The van der Waals surface area contributed by atoms with Crippen molar-refractivity contribution in [1.29, 1.82) is 5.26 Å². The molecule has 1 aromatic heterocycles. The Labute approximate surface area is 104 Å². The molecule has 0 saturated heterocycles. The van der Waals surface area contributed by atoms with E-state index >= 15 is 0 Å². The van der Waals surface area contributed by atoms with Crippen LogP contribution in [-0.4, -0.2) is 19.9 Å². The first kappa shape index (κ1) is 10.9. The molecule has 0 bridgehead atoms. The van der Waals surface area contributed by atoms with Crippen LogP contribution < -0.4 is 0 Å². The van der Waals surface area contributed by atoms with E-state index in [9.17, 15) is 5.11 Å². The van der Waals surface area contributed by atoms with Gasteiger partial charge < -0.3 is 9.67 Å². The third-order valence-electron chi connectivity index (χ3n) is 3.09. The van der Waals surface area contributed by atoms with E-state index < -0.39 is 0 Å². The van der Waals surface area contributed by atoms with Gasteiger partial charge in [0.1, 0.15) is 6.61 Å². The summed E-state index contributed by atoms with van der Waals surface area (Å²) in [6.07, 6.45) is 2.21. The van der Waals surface area contributed by atoms with Crippen LogP contribution in [0.25, 0.3) is 11.4 Å². The maximum absolute atomic E-state index is 9.27. The molecule has 1 N–H and O–H groups in total. The summed E-state index contributed by atoms with van der Waals surface area (Å²) in [5, 5.41) is 26.2. The summed E-state index contributed by atoms with van der Waals surface area (Å²) in [5.41, 5.74) is 1.55. The van der Waals surface area contributed by atoms with E-state index in [1.807, 2.05) is 16.7 Å². The van der Waals surface area contributed by atoms with Crippen molar-refractivity contribution < 1.29 is 5.11 Å². The van der Waals surface area contributed by atoms with Gasteiger partial charge in [0.05, 0.1) is 11.6 Å². The van der Waals surface area contributed by atoms with Crippen LogP contribution >= 0.6 is 0 Å². The Bertz CT molecular complexity index is 605. The van der Waals surface area contributed by atoms with Crippen molar-refractivity contribution >= 4 is 0 Å². The summed E-state index contributed by atoms with van der Waals surface area (Å²) < 4.78 is 2.00. The molecule has 1 heterocycles. The van der Waals surface area contributed by atoms with Gasteiger partial charge in [-0.25, -0.2) is 0 Å². The molecule has 0 aliphatic heterocycles. The lowest BCUT2D eigenvalue weighted by Gasteiger charge is -2.07. The summed E-state index contributed by atoms with van der Waals surface area (Å²) in [6, 6.07) is 9.75. The molecule has 1 fully saturated rings. The van der Waals surface area contributed by atoms with Crippen LogP contribution in [0.4, 0.5) is 0 Å². The zero-order valence-electron chi connectivity index (χ0n) is 9.74. The maximum Gasteiger partial charge on any atom is 0.164 e. The molecule has 1 saturated carbocycles. The summed E-state index contributed by atoms with van der Waals surface area (Å²) >= 11 is 0. The van der Waals surface area contributed by atoms with E-state index in [1.54, 1.807) is 12.1 Å². The molecular formula is C13H12N4O. The van der Waals surface area contributed by atoms with Crippen LogP contribution in [0.3, 0.4) is 0 Å². The molecule has 5 nitrogen and oxygen atoms in total. The highest BCUT2D eigenvalue weighted by Gasteiger charge is 2.29. The Balaban J connectivity index is 2.05. The predicted octanol–water partition coefficient (Wildman–Crippen LogP) is 1.64. The molecule has 0 radical (unpaired) electrons. The van der Waals surface area contributed by atoms with Crippen LogP contribution in [-0.2, 0) is 6.61 Å². The van der Waals surface area contributed by atoms with E-state index in [2.05, 4.69) is 16.3 Å². The molecule has 0 amide bonds. The van der Waals surface area contributed by atoms with E-state index in [4.69, 9.17) is 5.26 Å². The topological polar surface area (TPSA) is 74.7 Å². The standard InChI is InChI=1S/C13H12N4O/c14-7-9-1-3-10(4-2-9)13-16-15-12(8-18)17(13)11-5-6-11/h1-4,11,18H,5-6,8H2. The summed E-state index contributed by atoms with van der Waals surface area (Å²) in [4.78, 5) is 0. The number of rotatable bonds is 3. The van der Waals surface area contributed by atoms with Gasteiger partial charge in [0.15, 0.2) is 11.6 Å². The highest BCUT2D eigenvalue weighted by atomic mass is 16.3. The molecule has 1 aliphatic carbocycles. The fourth-order valence-corrected chi connectivity index (χ4v) is 2.04. The molecule has 90 valence electrons. The average Bonchev–Trinajstić information content (AvgIpc) is 3.18. The van der Waals surface area contributed by atoms with Crippen LogP contribution in [0.5, 0.6) is 0 Å². The lowest BCUT2D eigenvalue weighted by atomic mass is 10.1. The number of nitriles is 1. The van der Waals surface area contributed by atoms with Crippen molar-refractivity contribution in [3.8, 4) is 17.5 Å². The van der Waals surface area contributed by atoms with Crippen molar-refractivity contribution in [3.05, 3.63) is 35.7 Å². The van der Waals surface area contributed by atoms with Gasteiger partial charge in [-0.3, -0.25) is 0 Å². The van der Waals surface area contributed by atoms with Crippen molar-refractivity contribution in [1.82, 2.24) is 14.8 Å². The quantitative estimate of drug-likeness (QED) is 0.885. The van der Waals surface area contributed by atoms with Crippen molar-refractivity contribution in [2.75, 3.05) is 0 Å². The minimum atomic E-state index is -0.0974. The summed E-state index contributed by atoms with van der Waals surface area (Å²) in [5.74, 6) is 1.38. The fourth-order valence-electron chi connectivity index (χ4n) is 2.04. The Kier molecular flexibility index (Phi) is 2.58. The Morgan fingerprint density at radius 1 is 1.28 bits per heavy atom. The molecule has 1 aromatic carbocycles. The van der Waals surface area contributed by atoms with Gasteiger partial charge in [0.25, 0.3) is 0 Å². The third-order valence-corrected chi connectivity index (χ3v) is 3.09. The minimum Gasteiger partial charge on any atom is -0.388 e. The zero-order valence-corrected chi connectivity index (χ0v) is 9.74. The fraction of sp³-hybridized carbons (Fsp3) is 0.308. The highest BCUT2D eigenvalue weighted by Crippen LogP contribution is 2.38. The number of benzene rings is 1. The normalized spacial score (nSPS) is 14.4. The number of hydrogen-bond acceptors (Lipinski definition) is 4. The monoisotopic (exact) mass is 240 g/mol. The molecule has 0 spiro atoms. The molecule has 0 unspecified atom stereocenters. The molecule has 2 aromatic rings. The number of aliphatic hydroxyl groups excluding tert-OH is 1. The Morgan fingerprint density at radius 3 is 2.56 bits per heavy atom. The van der Waals surface area contributed by atoms with Crippen LogP contribution in [0, 0.1) is 11.3 Å². The largest absolute Gasteiger partial charge is 0.388 e. The Morgan fingerprint density at radius 2 is 2.00 bits per heavy atom. The lowest BCUT2D eigenvalue weighted by molar-refractivity contribution is 0.265. The number of hydrogen-bond donors (Lipinski definition) is 1. The van der Waals surface area contributed by atoms with Crippen molar-refractivity contribution in [2.24, 2.45) is 0 Å². The highest BCUT2D eigenvalue weighted by molar-refractivity contribution is 5.57. The maximum atomic E-state index is 9.27. The molecule has 3 rings (SSSR count). The molecule has 5 heteroatoms. The van der Waals surface area contributed by atoms with Crippen LogP contribution in [0.15, 0.2) is 24.3 Å². The number of nitrogens with zero attached hydrogens (tertiary/aromatic N) is 4. The van der Waals surface area contributed by atoms with Gasteiger partial charge in [-0.1, -0.05) is 0 Å². The van der Waals surface area contributed by atoms with Gasteiger partial charge >= 0.3 is 0 Å². The zero-order chi connectivity index (χ0) is 12.5. The van der Waals surface area contributed by atoms with Crippen molar-refractivity contribution in [3.63, 3.8) is 0 Å². The van der Waals surface area contributed by atoms with Crippen LogP contribution in [0.1, 0.15) is 30.3 Å². The minimum absolute atomic E-state index is 0.0974. The van der Waals surface area contributed by atoms with Gasteiger partial charge in [0.2, 0.25) is 0 Å². The third kappa shape index (κ3) is 1.77. The molecular weight excluding hydrogens is 228 g/mol. The lowest BCUT2D eigenvalue weighted by Crippen LogP contribution is -2.03. The van der Waals surface area contributed by atoms with E-state index in [1.165, 1.54) is 0 Å². The Hall–Kier alpha value is -2.19. The van der Waals surface area contributed by atoms with Gasteiger partial charge in [-0.2, -0.15) is 5.26 Å². The average molecular weight is 240 g/mol. The molecule has 18 heavy (non-hydrogen) atoms. The van der Waals surface area contributed by atoms with Crippen molar-refractivity contribution in [2.45, 2.75) is 25.5 Å². The molecule has 1 aliphatic rings. The van der Waals surface area contributed by atoms with E-state index in [-0.39, 0.29) is 6.61 Å².